The Morgan fingerprint density at radius 3 is 2.87 bits per heavy atom. The first kappa shape index (κ1) is 15.1. The van der Waals surface area contributed by atoms with Gasteiger partial charge in [-0.1, -0.05) is 6.08 Å². The van der Waals surface area contributed by atoms with Crippen LogP contribution < -0.4 is 5.43 Å². The van der Waals surface area contributed by atoms with Gasteiger partial charge in [0.25, 0.3) is 0 Å². The average molecular weight is 310 g/mol. The average Bonchev–Trinajstić information content (AvgIpc) is 2.71. The molecule has 3 rings (SSSR count). The SMILES string of the molecule is Cc1cc(C(=O)c2c[nH]c3c(c2=O)C=C(F)C=CC3)cnc1C. The molecule has 0 unspecified atom stereocenters. The summed E-state index contributed by atoms with van der Waals surface area (Å²) in [6.07, 6.45) is 7.35. The fourth-order valence-corrected chi connectivity index (χ4v) is 2.47. The zero-order valence-electron chi connectivity index (χ0n) is 12.8. The third kappa shape index (κ3) is 2.77. The molecule has 1 aliphatic carbocycles. The lowest BCUT2D eigenvalue weighted by atomic mass is 10.0. The highest BCUT2D eigenvalue weighted by Gasteiger charge is 2.19. The molecule has 0 fully saturated rings. The molecule has 0 saturated heterocycles. The molecule has 23 heavy (non-hydrogen) atoms. The van der Waals surface area contributed by atoms with Gasteiger partial charge in [0.2, 0.25) is 0 Å². The number of halogens is 1. The van der Waals surface area contributed by atoms with Gasteiger partial charge in [-0.2, -0.15) is 0 Å². The Morgan fingerprint density at radius 2 is 2.13 bits per heavy atom. The topological polar surface area (TPSA) is 62.8 Å². The van der Waals surface area contributed by atoms with E-state index in [2.05, 4.69) is 9.97 Å². The maximum Gasteiger partial charge on any atom is 0.200 e. The number of aryl methyl sites for hydroxylation is 2. The van der Waals surface area contributed by atoms with Crippen molar-refractivity contribution in [3.05, 3.63) is 80.3 Å². The molecule has 1 aliphatic rings. The van der Waals surface area contributed by atoms with Gasteiger partial charge in [0, 0.05) is 41.3 Å². The summed E-state index contributed by atoms with van der Waals surface area (Å²) in [7, 11) is 0. The highest BCUT2D eigenvalue weighted by Crippen LogP contribution is 2.17. The second-order valence-corrected chi connectivity index (χ2v) is 5.51. The van der Waals surface area contributed by atoms with Crippen molar-refractivity contribution in [2.45, 2.75) is 20.3 Å². The van der Waals surface area contributed by atoms with Crippen molar-refractivity contribution in [3.8, 4) is 0 Å². The lowest BCUT2D eigenvalue weighted by Gasteiger charge is -2.07. The van der Waals surface area contributed by atoms with Crippen molar-refractivity contribution in [3.63, 3.8) is 0 Å². The number of hydrogen-bond acceptors (Lipinski definition) is 3. The van der Waals surface area contributed by atoms with Crippen LogP contribution in [0.25, 0.3) is 6.08 Å². The highest BCUT2D eigenvalue weighted by atomic mass is 19.1. The van der Waals surface area contributed by atoms with E-state index >= 15 is 0 Å². The molecule has 0 amide bonds. The van der Waals surface area contributed by atoms with Crippen LogP contribution in [-0.2, 0) is 6.42 Å². The Kier molecular flexibility index (Phi) is 3.78. The van der Waals surface area contributed by atoms with Gasteiger partial charge in [-0.25, -0.2) is 4.39 Å². The second-order valence-electron chi connectivity index (χ2n) is 5.51. The fraction of sp³-hybridized carbons (Fsp3) is 0.167. The number of H-pyrrole nitrogens is 1. The van der Waals surface area contributed by atoms with E-state index < -0.39 is 17.0 Å². The van der Waals surface area contributed by atoms with Crippen LogP contribution >= 0.6 is 0 Å². The smallest absolute Gasteiger partial charge is 0.200 e. The number of carbonyl (C=O) groups is 1. The number of rotatable bonds is 2. The van der Waals surface area contributed by atoms with Gasteiger partial charge >= 0.3 is 0 Å². The van der Waals surface area contributed by atoms with E-state index in [0.29, 0.717) is 17.7 Å². The monoisotopic (exact) mass is 310 g/mol. The summed E-state index contributed by atoms with van der Waals surface area (Å²) in [4.78, 5) is 32.3. The number of aromatic nitrogens is 2. The third-order valence-corrected chi connectivity index (χ3v) is 3.93. The lowest BCUT2D eigenvalue weighted by molar-refractivity contribution is 0.103. The molecule has 0 bridgehead atoms. The summed E-state index contributed by atoms with van der Waals surface area (Å²) in [5.74, 6) is -0.928. The van der Waals surface area contributed by atoms with Crippen LogP contribution in [-0.4, -0.2) is 15.8 Å². The maximum atomic E-state index is 13.6. The molecule has 2 heterocycles. The van der Waals surface area contributed by atoms with Gasteiger partial charge in [-0.15, -0.1) is 0 Å². The molecule has 0 saturated carbocycles. The van der Waals surface area contributed by atoms with E-state index in [0.717, 1.165) is 17.3 Å². The summed E-state index contributed by atoms with van der Waals surface area (Å²) in [5.41, 5.74) is 2.34. The minimum Gasteiger partial charge on any atom is -0.363 e. The lowest BCUT2D eigenvalue weighted by Crippen LogP contribution is -2.21. The van der Waals surface area contributed by atoms with Gasteiger partial charge in [-0.05, 0) is 37.6 Å². The van der Waals surface area contributed by atoms with Crippen molar-refractivity contribution >= 4 is 11.9 Å². The van der Waals surface area contributed by atoms with Crippen molar-refractivity contribution < 1.29 is 9.18 Å². The maximum absolute atomic E-state index is 13.6. The zero-order chi connectivity index (χ0) is 16.6. The molecule has 5 heteroatoms. The van der Waals surface area contributed by atoms with Crippen LogP contribution in [0.1, 0.15) is 38.4 Å². The standard InChI is InChI=1S/C18H15FN2O2/c1-10-6-12(8-20-11(10)2)17(22)15-9-21-16-5-3-4-13(19)7-14(16)18(15)23/h3-4,6-9H,5H2,1-2H3,(H,21,23). The summed E-state index contributed by atoms with van der Waals surface area (Å²) in [6, 6.07) is 1.70. The Balaban J connectivity index is 2.11. The molecule has 116 valence electrons. The van der Waals surface area contributed by atoms with Crippen LogP contribution in [0.15, 0.2) is 41.2 Å². The first-order valence-electron chi connectivity index (χ1n) is 7.23. The molecule has 4 nitrogen and oxygen atoms in total. The predicted octanol–water partition coefficient (Wildman–Crippen LogP) is 3.04. The quantitative estimate of drug-likeness (QED) is 0.867. The molecule has 0 aromatic carbocycles. The summed E-state index contributed by atoms with van der Waals surface area (Å²) >= 11 is 0. The molecule has 0 atom stereocenters. The molecule has 0 aliphatic heterocycles. The number of ketones is 1. The number of fused-ring (bicyclic) bond motifs is 1. The van der Waals surface area contributed by atoms with E-state index in [-0.39, 0.29) is 11.1 Å². The summed E-state index contributed by atoms with van der Waals surface area (Å²) in [5, 5.41) is 0. The van der Waals surface area contributed by atoms with Crippen molar-refractivity contribution in [2.24, 2.45) is 0 Å². The van der Waals surface area contributed by atoms with Crippen LogP contribution in [0, 0.1) is 13.8 Å². The Morgan fingerprint density at radius 1 is 1.35 bits per heavy atom. The molecule has 2 aromatic rings. The van der Waals surface area contributed by atoms with E-state index in [1.807, 2.05) is 13.8 Å². The fourth-order valence-electron chi connectivity index (χ4n) is 2.47. The molecule has 2 aromatic heterocycles. The van der Waals surface area contributed by atoms with E-state index in [4.69, 9.17) is 0 Å². The van der Waals surface area contributed by atoms with E-state index in [1.165, 1.54) is 18.5 Å². The van der Waals surface area contributed by atoms with Crippen LogP contribution in [0.2, 0.25) is 0 Å². The Bertz CT molecular complexity index is 923. The van der Waals surface area contributed by atoms with Crippen molar-refractivity contribution in [2.75, 3.05) is 0 Å². The number of nitrogens with zero attached hydrogens (tertiary/aromatic N) is 1. The van der Waals surface area contributed by atoms with Crippen molar-refractivity contribution in [1.82, 2.24) is 9.97 Å². The molecular weight excluding hydrogens is 295 g/mol. The summed E-state index contributed by atoms with van der Waals surface area (Å²) in [6.45, 7) is 3.70. The van der Waals surface area contributed by atoms with Gasteiger partial charge < -0.3 is 4.98 Å². The highest BCUT2D eigenvalue weighted by molar-refractivity contribution is 6.09. The van der Waals surface area contributed by atoms with E-state index in [9.17, 15) is 14.0 Å². The zero-order valence-corrected chi connectivity index (χ0v) is 12.8. The first-order chi connectivity index (χ1) is 11.0. The predicted molar refractivity (Wildman–Crippen MR) is 86.1 cm³/mol. The number of hydrogen-bond donors (Lipinski definition) is 1. The minimum atomic E-state index is -0.508. The number of allylic oxidation sites excluding steroid dienone is 3. The Labute approximate surface area is 132 Å². The molecule has 0 radical (unpaired) electrons. The van der Waals surface area contributed by atoms with Crippen LogP contribution in [0.5, 0.6) is 0 Å². The molecular formula is C18H15FN2O2. The largest absolute Gasteiger partial charge is 0.363 e. The number of nitrogens with one attached hydrogen (secondary N) is 1. The van der Waals surface area contributed by atoms with E-state index in [1.54, 1.807) is 12.1 Å². The van der Waals surface area contributed by atoms with Crippen LogP contribution in [0.3, 0.4) is 0 Å². The van der Waals surface area contributed by atoms with Gasteiger partial charge in [0.15, 0.2) is 11.2 Å². The molecule has 0 spiro atoms. The number of carbonyl (C=O) groups excluding carboxylic acids is 1. The third-order valence-electron chi connectivity index (χ3n) is 3.93. The number of aromatic amines is 1. The first-order valence-corrected chi connectivity index (χ1v) is 7.23. The number of pyridine rings is 2. The summed E-state index contributed by atoms with van der Waals surface area (Å²) < 4.78 is 13.6. The Hall–Kier alpha value is -2.82. The molecule has 1 N–H and O–H groups in total. The second kappa shape index (κ2) is 5.76. The van der Waals surface area contributed by atoms with Gasteiger partial charge in [-0.3, -0.25) is 14.6 Å². The normalized spacial score (nSPS) is 13.3. The van der Waals surface area contributed by atoms with Crippen molar-refractivity contribution in [1.29, 1.82) is 0 Å². The minimum absolute atomic E-state index is 0.0141. The van der Waals surface area contributed by atoms with Gasteiger partial charge in [0.05, 0.1) is 5.56 Å². The van der Waals surface area contributed by atoms with Gasteiger partial charge in [0.1, 0.15) is 5.83 Å². The van der Waals surface area contributed by atoms with Crippen LogP contribution in [0.4, 0.5) is 4.39 Å².